The number of piperazine rings is 1. The van der Waals surface area contributed by atoms with Gasteiger partial charge in [-0.2, -0.15) is 5.10 Å². The Morgan fingerprint density at radius 1 is 1.05 bits per heavy atom. The SMILES string of the molecule is CC(C)N1CCN(C(=O)CCCC#Cc2ccn3nc([C@H](C)NC(=O)OC(C)(C)C)n(-c4ccccc4)c(=O)c23)CC1. The number of nitrogens with one attached hydrogen (secondary N) is 1. The molecule has 4 rings (SSSR count). The van der Waals surface area contributed by atoms with Crippen molar-refractivity contribution in [1.82, 2.24) is 29.3 Å². The molecule has 0 radical (unpaired) electrons. The molecule has 0 spiro atoms. The van der Waals surface area contributed by atoms with Crippen LogP contribution < -0.4 is 10.9 Å². The average molecular weight is 575 g/mol. The van der Waals surface area contributed by atoms with Crippen molar-refractivity contribution >= 4 is 17.5 Å². The summed E-state index contributed by atoms with van der Waals surface area (Å²) >= 11 is 0. The number of alkyl carbamates (subject to hydrolysis) is 1. The molecule has 1 aliphatic heterocycles. The summed E-state index contributed by atoms with van der Waals surface area (Å²) in [6.07, 6.45) is 2.76. The Balaban J connectivity index is 1.51. The van der Waals surface area contributed by atoms with Crippen LogP contribution in [0.25, 0.3) is 11.2 Å². The highest BCUT2D eigenvalue weighted by Gasteiger charge is 2.24. The van der Waals surface area contributed by atoms with Gasteiger partial charge in [-0.3, -0.25) is 19.1 Å². The maximum Gasteiger partial charge on any atom is 0.408 e. The monoisotopic (exact) mass is 574 g/mol. The van der Waals surface area contributed by atoms with Crippen LogP contribution >= 0.6 is 0 Å². The van der Waals surface area contributed by atoms with E-state index in [0.29, 0.717) is 47.9 Å². The third-order valence-electron chi connectivity index (χ3n) is 7.16. The van der Waals surface area contributed by atoms with E-state index in [-0.39, 0.29) is 11.5 Å². The molecular weight excluding hydrogens is 532 g/mol. The molecule has 42 heavy (non-hydrogen) atoms. The van der Waals surface area contributed by atoms with Gasteiger partial charge >= 0.3 is 6.09 Å². The number of carbonyl (C=O) groups excluding carboxylic acids is 2. The number of carbonyl (C=O) groups is 2. The molecule has 0 unspecified atom stereocenters. The number of hydrogen-bond acceptors (Lipinski definition) is 6. The third kappa shape index (κ3) is 7.59. The van der Waals surface area contributed by atoms with Crippen molar-refractivity contribution in [3.05, 3.63) is 64.3 Å². The predicted molar refractivity (Wildman–Crippen MR) is 163 cm³/mol. The highest BCUT2D eigenvalue weighted by molar-refractivity contribution is 5.76. The lowest BCUT2D eigenvalue weighted by Gasteiger charge is -2.37. The summed E-state index contributed by atoms with van der Waals surface area (Å²) in [5.74, 6) is 6.79. The van der Waals surface area contributed by atoms with Crippen LogP contribution in [0.5, 0.6) is 0 Å². The molecule has 0 aliphatic carbocycles. The lowest BCUT2D eigenvalue weighted by molar-refractivity contribution is -0.133. The van der Waals surface area contributed by atoms with E-state index in [0.717, 1.165) is 26.2 Å². The van der Waals surface area contributed by atoms with Crippen LogP contribution in [0.3, 0.4) is 0 Å². The number of hydrogen-bond donors (Lipinski definition) is 1. The molecule has 1 atom stereocenters. The zero-order valence-electron chi connectivity index (χ0n) is 25.5. The molecule has 2 aromatic heterocycles. The van der Waals surface area contributed by atoms with Crippen LogP contribution in [0.1, 0.15) is 78.2 Å². The number of rotatable bonds is 7. The molecule has 0 saturated carbocycles. The van der Waals surface area contributed by atoms with Gasteiger partial charge in [0.15, 0.2) is 5.82 Å². The van der Waals surface area contributed by atoms with Crippen molar-refractivity contribution in [2.45, 2.75) is 78.5 Å². The second-order valence-electron chi connectivity index (χ2n) is 11.9. The van der Waals surface area contributed by atoms with Crippen LogP contribution in [0.15, 0.2) is 47.4 Å². The van der Waals surface area contributed by atoms with Gasteiger partial charge in [0, 0.05) is 51.3 Å². The number of para-hydroxylation sites is 1. The number of nitrogens with zero attached hydrogens (tertiary/aromatic N) is 5. The Bertz CT molecular complexity index is 1520. The minimum Gasteiger partial charge on any atom is -0.444 e. The van der Waals surface area contributed by atoms with Crippen molar-refractivity contribution in [3.8, 4) is 17.5 Å². The van der Waals surface area contributed by atoms with Crippen LogP contribution in [0.4, 0.5) is 4.79 Å². The number of benzene rings is 1. The van der Waals surface area contributed by atoms with E-state index in [1.54, 1.807) is 40.0 Å². The summed E-state index contributed by atoms with van der Waals surface area (Å²) in [7, 11) is 0. The molecule has 1 saturated heterocycles. The molecule has 0 bridgehead atoms. The van der Waals surface area contributed by atoms with E-state index in [4.69, 9.17) is 9.84 Å². The fourth-order valence-corrected chi connectivity index (χ4v) is 4.97. The number of fused-ring (bicyclic) bond motifs is 1. The molecule has 1 aromatic carbocycles. The molecule has 224 valence electrons. The molecule has 1 aliphatic rings. The fourth-order valence-electron chi connectivity index (χ4n) is 4.97. The van der Waals surface area contributed by atoms with Gasteiger partial charge in [0.2, 0.25) is 5.91 Å². The van der Waals surface area contributed by atoms with E-state index in [9.17, 15) is 14.4 Å². The topological polar surface area (TPSA) is 101 Å². The Hall–Kier alpha value is -4.10. The average Bonchev–Trinajstić information content (AvgIpc) is 3.35. The maximum absolute atomic E-state index is 13.9. The highest BCUT2D eigenvalue weighted by atomic mass is 16.6. The summed E-state index contributed by atoms with van der Waals surface area (Å²) in [5, 5.41) is 7.50. The zero-order chi connectivity index (χ0) is 30.4. The largest absolute Gasteiger partial charge is 0.444 e. The fraction of sp³-hybridized carbons (Fsp3) is 0.500. The van der Waals surface area contributed by atoms with Crippen molar-refractivity contribution in [1.29, 1.82) is 0 Å². The quantitative estimate of drug-likeness (QED) is 0.336. The first-order valence-corrected chi connectivity index (χ1v) is 14.6. The Morgan fingerprint density at radius 3 is 2.38 bits per heavy atom. The Labute approximate surface area is 247 Å². The van der Waals surface area contributed by atoms with E-state index in [1.807, 2.05) is 35.2 Å². The summed E-state index contributed by atoms with van der Waals surface area (Å²) in [6.45, 7) is 14.9. The Kier molecular flexibility index (Phi) is 9.74. The first kappa shape index (κ1) is 30.8. The van der Waals surface area contributed by atoms with Crippen molar-refractivity contribution < 1.29 is 14.3 Å². The number of unbranched alkanes of at least 4 members (excludes halogenated alkanes) is 1. The lowest BCUT2D eigenvalue weighted by atomic mass is 10.2. The zero-order valence-corrected chi connectivity index (χ0v) is 25.5. The van der Waals surface area contributed by atoms with Gasteiger partial charge in [0.05, 0.1) is 17.3 Å². The molecular formula is C32H42N6O4. The van der Waals surface area contributed by atoms with E-state index in [2.05, 4.69) is 35.9 Å². The van der Waals surface area contributed by atoms with Crippen molar-refractivity contribution in [2.24, 2.45) is 0 Å². The number of ether oxygens (including phenoxy) is 1. The molecule has 10 nitrogen and oxygen atoms in total. The highest BCUT2D eigenvalue weighted by Crippen LogP contribution is 2.18. The number of amides is 2. The van der Waals surface area contributed by atoms with Gasteiger partial charge in [-0.1, -0.05) is 30.0 Å². The standard InChI is InChI=1S/C32H42N6O4/c1-23(2)35-19-21-36(22-20-35)27(39)16-12-7-9-13-25-17-18-37-28(25)30(40)38(26-14-10-8-11-15-26)29(34-37)24(3)33-31(41)42-32(4,5)6/h8,10-11,14-15,17-18,23-24H,7,12,16,19-22H2,1-6H3,(H,33,41)/t24-/m0/s1. The van der Waals surface area contributed by atoms with E-state index >= 15 is 0 Å². The molecule has 10 heteroatoms. The van der Waals surface area contributed by atoms with Crippen LogP contribution in [-0.4, -0.2) is 73.8 Å². The summed E-state index contributed by atoms with van der Waals surface area (Å²) in [6, 6.07) is 10.8. The molecule has 2 amide bonds. The first-order chi connectivity index (χ1) is 19.9. The molecule has 3 heterocycles. The van der Waals surface area contributed by atoms with E-state index < -0.39 is 17.7 Å². The smallest absolute Gasteiger partial charge is 0.408 e. The first-order valence-electron chi connectivity index (χ1n) is 14.6. The lowest BCUT2D eigenvalue weighted by Crippen LogP contribution is -2.50. The Morgan fingerprint density at radius 2 is 1.74 bits per heavy atom. The summed E-state index contributed by atoms with van der Waals surface area (Å²) in [4.78, 5) is 43.4. The van der Waals surface area contributed by atoms with Gasteiger partial charge in [-0.15, -0.1) is 0 Å². The second-order valence-corrected chi connectivity index (χ2v) is 11.9. The summed E-state index contributed by atoms with van der Waals surface area (Å²) < 4.78 is 8.42. The third-order valence-corrected chi connectivity index (χ3v) is 7.16. The molecule has 3 aromatic rings. The minimum atomic E-state index is -0.662. The van der Waals surface area contributed by atoms with Crippen molar-refractivity contribution in [3.63, 3.8) is 0 Å². The van der Waals surface area contributed by atoms with Gasteiger partial charge in [-0.05, 0) is 66.2 Å². The van der Waals surface area contributed by atoms with Crippen molar-refractivity contribution in [2.75, 3.05) is 26.2 Å². The van der Waals surface area contributed by atoms with Crippen LogP contribution in [-0.2, 0) is 9.53 Å². The van der Waals surface area contributed by atoms with Crippen LogP contribution in [0, 0.1) is 11.8 Å². The predicted octanol–water partition coefficient (Wildman–Crippen LogP) is 4.15. The van der Waals surface area contributed by atoms with Gasteiger partial charge in [0.1, 0.15) is 11.1 Å². The number of aromatic nitrogens is 3. The van der Waals surface area contributed by atoms with Gasteiger partial charge in [-0.25, -0.2) is 9.31 Å². The van der Waals surface area contributed by atoms with Crippen LogP contribution in [0.2, 0.25) is 0 Å². The normalized spacial score (nSPS) is 14.9. The maximum atomic E-state index is 13.9. The van der Waals surface area contributed by atoms with E-state index in [1.165, 1.54) is 9.08 Å². The molecule has 1 N–H and O–H groups in total. The second kappa shape index (κ2) is 13.3. The van der Waals surface area contributed by atoms with Gasteiger partial charge < -0.3 is 15.0 Å². The summed E-state index contributed by atoms with van der Waals surface area (Å²) in [5.41, 5.74) is 0.573. The minimum absolute atomic E-state index is 0.172. The van der Waals surface area contributed by atoms with Gasteiger partial charge in [0.25, 0.3) is 5.56 Å². The molecule has 1 fully saturated rings.